The van der Waals surface area contributed by atoms with Gasteiger partial charge in [0.1, 0.15) is 0 Å². The average Bonchev–Trinajstić information content (AvgIpc) is 2.33. The average molecular weight is 228 g/mol. The molecule has 0 saturated heterocycles. The number of nitrogens with two attached hydrogens (primary N) is 2. The molecule has 0 amide bonds. The fourth-order valence-corrected chi connectivity index (χ4v) is 1.59. The summed E-state index contributed by atoms with van der Waals surface area (Å²) in [6, 6.07) is 11.9. The Kier molecular flexibility index (Phi) is 2.70. The van der Waals surface area contributed by atoms with Crippen molar-refractivity contribution < 1.29 is 9.90 Å². The zero-order chi connectivity index (χ0) is 12.4. The molecule has 86 valence electrons. The van der Waals surface area contributed by atoms with Crippen molar-refractivity contribution in [2.24, 2.45) is 0 Å². The second-order valence-corrected chi connectivity index (χ2v) is 3.73. The number of nitrogen functional groups attached to an aromatic ring is 2. The van der Waals surface area contributed by atoms with Gasteiger partial charge < -0.3 is 16.6 Å². The molecular weight excluding hydrogens is 216 g/mol. The van der Waals surface area contributed by atoms with Crippen LogP contribution in [-0.2, 0) is 0 Å². The van der Waals surface area contributed by atoms with Gasteiger partial charge in [-0.15, -0.1) is 0 Å². The minimum absolute atomic E-state index is 0.248. The van der Waals surface area contributed by atoms with E-state index in [9.17, 15) is 4.79 Å². The Morgan fingerprint density at radius 2 is 1.65 bits per heavy atom. The van der Waals surface area contributed by atoms with E-state index in [0.29, 0.717) is 11.4 Å². The summed E-state index contributed by atoms with van der Waals surface area (Å²) in [6.45, 7) is 0. The van der Waals surface area contributed by atoms with Crippen molar-refractivity contribution in [1.29, 1.82) is 0 Å². The molecule has 0 fully saturated rings. The summed E-state index contributed by atoms with van der Waals surface area (Å²) in [7, 11) is 0. The number of rotatable bonds is 2. The molecule has 5 N–H and O–H groups in total. The molecule has 0 aliphatic heterocycles. The number of benzene rings is 2. The molecule has 4 nitrogen and oxygen atoms in total. The largest absolute Gasteiger partial charge is 0.478 e. The predicted octanol–water partition coefficient (Wildman–Crippen LogP) is 2.22. The smallest absolute Gasteiger partial charge is 0.335 e. The zero-order valence-corrected chi connectivity index (χ0v) is 9.05. The molecule has 0 atom stereocenters. The molecule has 0 bridgehead atoms. The SMILES string of the molecule is Nc1ccc(-c2cccc(C(=O)O)c2)cc1N. The van der Waals surface area contributed by atoms with Gasteiger partial charge in [-0.3, -0.25) is 0 Å². The molecule has 2 aromatic rings. The normalized spacial score (nSPS) is 10.1. The summed E-state index contributed by atoms with van der Waals surface area (Å²) in [5.41, 5.74) is 14.2. The number of aromatic carboxylic acids is 1. The van der Waals surface area contributed by atoms with Crippen molar-refractivity contribution in [2.75, 3.05) is 11.5 Å². The monoisotopic (exact) mass is 228 g/mol. The van der Waals surface area contributed by atoms with Crippen LogP contribution in [0.1, 0.15) is 10.4 Å². The minimum atomic E-state index is -0.949. The third-order valence-corrected chi connectivity index (χ3v) is 2.53. The number of carboxylic acids is 1. The quantitative estimate of drug-likeness (QED) is 0.687. The van der Waals surface area contributed by atoms with Crippen molar-refractivity contribution in [2.45, 2.75) is 0 Å². The minimum Gasteiger partial charge on any atom is -0.478 e. The van der Waals surface area contributed by atoms with E-state index in [2.05, 4.69) is 0 Å². The first-order chi connectivity index (χ1) is 8.08. The molecule has 0 aromatic heterocycles. The highest BCUT2D eigenvalue weighted by Gasteiger charge is 2.05. The topological polar surface area (TPSA) is 89.3 Å². The maximum absolute atomic E-state index is 10.9. The highest BCUT2D eigenvalue weighted by Crippen LogP contribution is 2.25. The highest BCUT2D eigenvalue weighted by atomic mass is 16.4. The highest BCUT2D eigenvalue weighted by molar-refractivity contribution is 5.89. The van der Waals surface area contributed by atoms with E-state index in [1.165, 1.54) is 0 Å². The molecule has 17 heavy (non-hydrogen) atoms. The first kappa shape index (κ1) is 11.0. The first-order valence-electron chi connectivity index (χ1n) is 5.06. The lowest BCUT2D eigenvalue weighted by Crippen LogP contribution is -1.97. The van der Waals surface area contributed by atoms with Crippen LogP contribution in [0.2, 0.25) is 0 Å². The van der Waals surface area contributed by atoms with Crippen molar-refractivity contribution in [1.82, 2.24) is 0 Å². The standard InChI is InChI=1S/C13H12N2O2/c14-11-5-4-9(7-12(11)15)8-2-1-3-10(6-8)13(16)17/h1-7H,14-15H2,(H,16,17). The van der Waals surface area contributed by atoms with E-state index in [1.54, 1.807) is 30.3 Å². The Morgan fingerprint density at radius 1 is 0.941 bits per heavy atom. The zero-order valence-electron chi connectivity index (χ0n) is 9.05. The molecule has 0 aliphatic rings. The summed E-state index contributed by atoms with van der Waals surface area (Å²) in [5, 5.41) is 8.91. The van der Waals surface area contributed by atoms with Crippen LogP contribution in [0.25, 0.3) is 11.1 Å². The van der Waals surface area contributed by atoms with E-state index in [-0.39, 0.29) is 5.56 Å². The molecule has 0 spiro atoms. The maximum atomic E-state index is 10.9. The van der Waals surface area contributed by atoms with E-state index in [0.717, 1.165) is 11.1 Å². The molecular formula is C13H12N2O2. The van der Waals surface area contributed by atoms with Gasteiger partial charge in [-0.25, -0.2) is 4.79 Å². The third kappa shape index (κ3) is 2.20. The van der Waals surface area contributed by atoms with E-state index < -0.39 is 5.97 Å². The van der Waals surface area contributed by atoms with Gasteiger partial charge in [0, 0.05) is 0 Å². The van der Waals surface area contributed by atoms with Crippen LogP contribution in [0.15, 0.2) is 42.5 Å². The lowest BCUT2D eigenvalue weighted by molar-refractivity contribution is 0.0697. The van der Waals surface area contributed by atoms with Crippen LogP contribution < -0.4 is 11.5 Å². The second kappa shape index (κ2) is 4.17. The van der Waals surface area contributed by atoms with Gasteiger partial charge in [0.25, 0.3) is 0 Å². The van der Waals surface area contributed by atoms with Crippen molar-refractivity contribution in [3.8, 4) is 11.1 Å². The predicted molar refractivity (Wildman–Crippen MR) is 67.7 cm³/mol. The molecule has 4 heteroatoms. The van der Waals surface area contributed by atoms with Gasteiger partial charge in [-0.05, 0) is 35.4 Å². The van der Waals surface area contributed by atoms with Gasteiger partial charge in [0.05, 0.1) is 16.9 Å². The number of carboxylic acid groups (broad SMARTS) is 1. The summed E-state index contributed by atoms with van der Waals surface area (Å²) in [6.07, 6.45) is 0. The molecule has 0 saturated carbocycles. The van der Waals surface area contributed by atoms with Crippen LogP contribution in [0.3, 0.4) is 0 Å². The van der Waals surface area contributed by atoms with Crippen LogP contribution >= 0.6 is 0 Å². The first-order valence-corrected chi connectivity index (χ1v) is 5.06. The van der Waals surface area contributed by atoms with Gasteiger partial charge >= 0.3 is 5.97 Å². The van der Waals surface area contributed by atoms with Crippen LogP contribution in [-0.4, -0.2) is 11.1 Å². The Morgan fingerprint density at radius 3 is 2.29 bits per heavy atom. The fourth-order valence-electron chi connectivity index (χ4n) is 1.59. The Bertz CT molecular complexity index is 579. The van der Waals surface area contributed by atoms with E-state index in [1.807, 2.05) is 12.1 Å². The van der Waals surface area contributed by atoms with Crippen molar-refractivity contribution >= 4 is 17.3 Å². The van der Waals surface area contributed by atoms with Gasteiger partial charge in [0.2, 0.25) is 0 Å². The van der Waals surface area contributed by atoms with Crippen LogP contribution in [0.4, 0.5) is 11.4 Å². The third-order valence-electron chi connectivity index (χ3n) is 2.53. The van der Waals surface area contributed by atoms with E-state index >= 15 is 0 Å². The van der Waals surface area contributed by atoms with E-state index in [4.69, 9.17) is 16.6 Å². The summed E-state index contributed by atoms with van der Waals surface area (Å²) >= 11 is 0. The Hall–Kier alpha value is -2.49. The number of hydrogen-bond donors (Lipinski definition) is 3. The Balaban J connectivity index is 2.49. The second-order valence-electron chi connectivity index (χ2n) is 3.73. The number of anilines is 2. The summed E-state index contributed by atoms with van der Waals surface area (Å²) in [5.74, 6) is -0.949. The van der Waals surface area contributed by atoms with Gasteiger partial charge in [0.15, 0.2) is 0 Å². The van der Waals surface area contributed by atoms with Crippen LogP contribution in [0, 0.1) is 0 Å². The fraction of sp³-hybridized carbons (Fsp3) is 0. The van der Waals surface area contributed by atoms with Gasteiger partial charge in [-0.2, -0.15) is 0 Å². The molecule has 0 unspecified atom stereocenters. The van der Waals surface area contributed by atoms with Crippen molar-refractivity contribution in [3.05, 3.63) is 48.0 Å². The molecule has 0 heterocycles. The summed E-state index contributed by atoms with van der Waals surface area (Å²) in [4.78, 5) is 10.9. The van der Waals surface area contributed by atoms with Crippen LogP contribution in [0.5, 0.6) is 0 Å². The molecule has 0 aliphatic carbocycles. The molecule has 0 radical (unpaired) electrons. The van der Waals surface area contributed by atoms with Crippen molar-refractivity contribution in [3.63, 3.8) is 0 Å². The lowest BCUT2D eigenvalue weighted by atomic mass is 10.0. The van der Waals surface area contributed by atoms with Gasteiger partial charge in [-0.1, -0.05) is 18.2 Å². The number of hydrogen-bond acceptors (Lipinski definition) is 3. The lowest BCUT2D eigenvalue weighted by Gasteiger charge is -2.06. The molecule has 2 rings (SSSR count). The summed E-state index contributed by atoms with van der Waals surface area (Å²) < 4.78 is 0. The molecule has 2 aromatic carbocycles. The Labute approximate surface area is 98.5 Å². The maximum Gasteiger partial charge on any atom is 0.335 e. The number of carbonyl (C=O) groups is 1.